The second-order valence-electron chi connectivity index (χ2n) is 5.44. The van der Waals surface area contributed by atoms with Crippen molar-refractivity contribution in [2.24, 2.45) is 0 Å². The van der Waals surface area contributed by atoms with Crippen LogP contribution in [0.3, 0.4) is 0 Å². The Morgan fingerprint density at radius 2 is 1.78 bits per heavy atom. The van der Waals surface area contributed by atoms with Gasteiger partial charge in [0.1, 0.15) is 0 Å². The molecule has 0 saturated heterocycles. The number of nitrogens with zero attached hydrogens (tertiary/aromatic N) is 1. The smallest absolute Gasteiger partial charge is 0.274 e. The standard InChI is InChI=1S/C18H17NO2S.H3P/c1-10-8-11(2)15(12(3)9-10)17(20)13-6-5-7-14-16(13)19-18(21-4)22-14;/h5-9H,1-4H3;1H3. The number of benzene rings is 2. The van der Waals surface area contributed by atoms with Crippen molar-refractivity contribution in [3.8, 4) is 5.19 Å². The Morgan fingerprint density at radius 1 is 1.13 bits per heavy atom. The molecule has 23 heavy (non-hydrogen) atoms. The first-order valence-corrected chi connectivity index (χ1v) is 7.89. The summed E-state index contributed by atoms with van der Waals surface area (Å²) in [5, 5.41) is 0.576. The molecule has 1 aromatic heterocycles. The van der Waals surface area contributed by atoms with Gasteiger partial charge in [0.05, 0.1) is 17.3 Å². The molecule has 3 aromatic rings. The lowest BCUT2D eigenvalue weighted by atomic mass is 9.93. The quantitative estimate of drug-likeness (QED) is 0.517. The number of para-hydroxylation sites is 1. The minimum atomic E-state index is 0. The van der Waals surface area contributed by atoms with Crippen LogP contribution >= 0.6 is 21.2 Å². The van der Waals surface area contributed by atoms with E-state index in [1.807, 2.05) is 51.1 Å². The van der Waals surface area contributed by atoms with Gasteiger partial charge in [-0.3, -0.25) is 4.79 Å². The number of ether oxygens (including phenoxy) is 1. The molecule has 120 valence electrons. The number of rotatable bonds is 3. The average Bonchev–Trinajstić information content (AvgIpc) is 2.88. The number of aromatic nitrogens is 1. The summed E-state index contributed by atoms with van der Waals surface area (Å²) in [6, 6.07) is 9.78. The first kappa shape index (κ1) is 17.6. The van der Waals surface area contributed by atoms with Gasteiger partial charge in [0.15, 0.2) is 5.78 Å². The Morgan fingerprint density at radius 3 is 2.39 bits per heavy atom. The lowest BCUT2D eigenvalue weighted by molar-refractivity contribution is 0.103. The number of carbonyl (C=O) groups excluding carboxylic acids is 1. The van der Waals surface area contributed by atoms with Gasteiger partial charge in [-0.1, -0.05) is 35.1 Å². The van der Waals surface area contributed by atoms with Gasteiger partial charge >= 0.3 is 0 Å². The molecule has 0 aliphatic heterocycles. The van der Waals surface area contributed by atoms with Crippen molar-refractivity contribution in [3.05, 3.63) is 58.1 Å². The highest BCUT2D eigenvalue weighted by Crippen LogP contribution is 2.31. The summed E-state index contributed by atoms with van der Waals surface area (Å²) < 4.78 is 6.16. The number of thiazole rings is 1. The van der Waals surface area contributed by atoms with Crippen molar-refractivity contribution < 1.29 is 9.53 Å². The SMILES string of the molecule is COc1nc2c(C(=O)c3c(C)cc(C)cc3C)cccc2s1.P. The van der Waals surface area contributed by atoms with E-state index in [4.69, 9.17) is 4.74 Å². The highest BCUT2D eigenvalue weighted by molar-refractivity contribution is 7.20. The van der Waals surface area contributed by atoms with Gasteiger partial charge in [0.25, 0.3) is 5.19 Å². The maximum atomic E-state index is 13.0. The number of fused-ring (bicyclic) bond motifs is 1. The third-order valence-electron chi connectivity index (χ3n) is 3.72. The predicted octanol–water partition coefficient (Wildman–Crippen LogP) is 4.52. The minimum absolute atomic E-state index is 0. The van der Waals surface area contributed by atoms with E-state index in [1.54, 1.807) is 7.11 Å². The van der Waals surface area contributed by atoms with E-state index >= 15 is 0 Å². The molecule has 0 aliphatic rings. The molecule has 0 aliphatic carbocycles. The molecule has 2 aromatic carbocycles. The Hall–Kier alpha value is -1.77. The number of methoxy groups -OCH3 is 1. The van der Waals surface area contributed by atoms with E-state index in [-0.39, 0.29) is 15.7 Å². The van der Waals surface area contributed by atoms with Gasteiger partial charge in [0.2, 0.25) is 0 Å². The van der Waals surface area contributed by atoms with Crippen LogP contribution in [-0.2, 0) is 0 Å². The summed E-state index contributed by atoms with van der Waals surface area (Å²) in [6.45, 7) is 6.00. The summed E-state index contributed by atoms with van der Waals surface area (Å²) in [4.78, 5) is 17.5. The lowest BCUT2D eigenvalue weighted by Crippen LogP contribution is -2.07. The molecule has 0 bridgehead atoms. The molecule has 0 fully saturated rings. The molecule has 1 heterocycles. The number of carbonyl (C=O) groups is 1. The van der Waals surface area contributed by atoms with Crippen molar-refractivity contribution in [1.82, 2.24) is 4.98 Å². The normalized spacial score (nSPS) is 10.4. The highest BCUT2D eigenvalue weighted by atomic mass is 32.1. The lowest BCUT2D eigenvalue weighted by Gasteiger charge is -2.10. The molecule has 1 unspecified atom stereocenters. The summed E-state index contributed by atoms with van der Waals surface area (Å²) in [7, 11) is 1.59. The van der Waals surface area contributed by atoms with Crippen LogP contribution < -0.4 is 4.74 Å². The van der Waals surface area contributed by atoms with Crippen molar-refractivity contribution in [2.45, 2.75) is 20.8 Å². The van der Waals surface area contributed by atoms with Gasteiger partial charge in [-0.25, -0.2) is 4.98 Å². The molecule has 1 atom stereocenters. The maximum absolute atomic E-state index is 13.0. The maximum Gasteiger partial charge on any atom is 0.274 e. The van der Waals surface area contributed by atoms with Crippen LogP contribution in [0.4, 0.5) is 0 Å². The van der Waals surface area contributed by atoms with Crippen LogP contribution in [0.2, 0.25) is 0 Å². The van der Waals surface area contributed by atoms with Crippen LogP contribution in [-0.4, -0.2) is 17.9 Å². The Balaban J connectivity index is 0.00000192. The summed E-state index contributed by atoms with van der Waals surface area (Å²) in [6.07, 6.45) is 0. The highest BCUT2D eigenvalue weighted by Gasteiger charge is 2.19. The summed E-state index contributed by atoms with van der Waals surface area (Å²) >= 11 is 1.45. The topological polar surface area (TPSA) is 39.2 Å². The Bertz CT molecular complexity index is 863. The van der Waals surface area contributed by atoms with E-state index in [2.05, 4.69) is 4.98 Å². The van der Waals surface area contributed by atoms with Crippen molar-refractivity contribution in [2.75, 3.05) is 7.11 Å². The zero-order chi connectivity index (χ0) is 15.9. The molecule has 3 nitrogen and oxygen atoms in total. The zero-order valence-corrected chi connectivity index (χ0v) is 16.0. The first-order valence-electron chi connectivity index (χ1n) is 7.07. The summed E-state index contributed by atoms with van der Waals surface area (Å²) in [5.74, 6) is 0.0218. The number of hydrogen-bond acceptors (Lipinski definition) is 4. The molecule has 3 rings (SSSR count). The fraction of sp³-hybridized carbons (Fsp3) is 0.222. The third-order valence-corrected chi connectivity index (χ3v) is 4.70. The van der Waals surface area contributed by atoms with Crippen LogP contribution in [0, 0.1) is 20.8 Å². The predicted molar refractivity (Wildman–Crippen MR) is 101 cm³/mol. The van der Waals surface area contributed by atoms with Crippen LogP contribution in [0.1, 0.15) is 32.6 Å². The number of hydrogen-bond donors (Lipinski definition) is 0. The van der Waals surface area contributed by atoms with Crippen LogP contribution in [0.15, 0.2) is 30.3 Å². The summed E-state index contributed by atoms with van der Waals surface area (Å²) in [5.41, 5.74) is 5.29. The molecule has 5 heteroatoms. The number of ketones is 1. The Labute approximate surface area is 143 Å². The van der Waals surface area contributed by atoms with E-state index in [0.717, 1.165) is 21.4 Å². The van der Waals surface area contributed by atoms with Gasteiger partial charge in [-0.05, 0) is 44.0 Å². The Kier molecular flexibility index (Phi) is 5.18. The second-order valence-corrected chi connectivity index (χ2v) is 6.43. The molecular weight excluding hydrogens is 325 g/mol. The van der Waals surface area contributed by atoms with Gasteiger partial charge in [0, 0.05) is 11.1 Å². The number of aryl methyl sites for hydroxylation is 3. The molecule has 0 N–H and O–H groups in total. The van der Waals surface area contributed by atoms with Crippen LogP contribution in [0.25, 0.3) is 10.2 Å². The molecule has 0 radical (unpaired) electrons. The van der Waals surface area contributed by atoms with E-state index < -0.39 is 0 Å². The second kappa shape index (κ2) is 6.77. The molecule has 0 saturated carbocycles. The molecule has 0 amide bonds. The average molecular weight is 345 g/mol. The van der Waals surface area contributed by atoms with Crippen LogP contribution in [0.5, 0.6) is 5.19 Å². The van der Waals surface area contributed by atoms with E-state index in [0.29, 0.717) is 16.3 Å². The zero-order valence-electron chi connectivity index (χ0n) is 13.8. The van der Waals surface area contributed by atoms with Gasteiger partial charge in [-0.15, -0.1) is 0 Å². The van der Waals surface area contributed by atoms with E-state index in [9.17, 15) is 4.79 Å². The van der Waals surface area contributed by atoms with E-state index in [1.165, 1.54) is 16.9 Å². The van der Waals surface area contributed by atoms with Crippen molar-refractivity contribution >= 4 is 37.2 Å². The third kappa shape index (κ3) is 3.15. The fourth-order valence-corrected chi connectivity index (χ4v) is 3.68. The minimum Gasteiger partial charge on any atom is -0.473 e. The van der Waals surface area contributed by atoms with Gasteiger partial charge in [-0.2, -0.15) is 9.90 Å². The van der Waals surface area contributed by atoms with Gasteiger partial charge < -0.3 is 4.74 Å². The first-order chi connectivity index (χ1) is 10.5. The largest absolute Gasteiger partial charge is 0.473 e. The van der Waals surface area contributed by atoms with Crippen molar-refractivity contribution in [1.29, 1.82) is 0 Å². The monoisotopic (exact) mass is 345 g/mol. The fourth-order valence-electron chi connectivity index (χ4n) is 2.87. The molecule has 0 spiro atoms. The van der Waals surface area contributed by atoms with Crippen molar-refractivity contribution in [3.63, 3.8) is 0 Å². The molecular formula is C18H20NO2PS.